The Balaban J connectivity index is 0.830. The van der Waals surface area contributed by atoms with Gasteiger partial charge in [0.25, 0.3) is 0 Å². The minimum absolute atomic E-state index is 0.266. The van der Waals surface area contributed by atoms with Crippen LogP contribution in [-0.2, 0) is 5.41 Å². The minimum atomic E-state index is -0.470. The Bertz CT molecular complexity index is 3430. The van der Waals surface area contributed by atoms with Gasteiger partial charge in [-0.2, -0.15) is 0 Å². The summed E-state index contributed by atoms with van der Waals surface area (Å²) < 4.78 is 13.8. The molecule has 14 rings (SSSR count). The number of ether oxygens (including phenoxy) is 2. The van der Waals surface area contributed by atoms with Gasteiger partial charge in [-0.1, -0.05) is 158 Å². The Morgan fingerprint density at radius 3 is 1.77 bits per heavy atom. The first-order valence-corrected chi connectivity index (χ1v) is 22.5. The number of hydrogen-bond acceptors (Lipinski definition) is 4. The molecule has 4 heteroatoms. The summed E-state index contributed by atoms with van der Waals surface area (Å²) in [6.07, 6.45) is 9.00. The molecule has 306 valence electrons. The Morgan fingerprint density at radius 1 is 0.400 bits per heavy atom. The highest BCUT2D eigenvalue weighted by molar-refractivity contribution is 5.96. The van der Waals surface area contributed by atoms with E-state index in [0.29, 0.717) is 23.2 Å². The first-order valence-electron chi connectivity index (χ1n) is 22.5. The largest absolute Gasteiger partial charge is 0.449 e. The van der Waals surface area contributed by atoms with Crippen molar-refractivity contribution in [3.63, 3.8) is 0 Å². The highest BCUT2D eigenvalue weighted by Crippen LogP contribution is 2.65. The lowest BCUT2D eigenvalue weighted by molar-refractivity contribution is 0.359. The quantitative estimate of drug-likeness (QED) is 0.172. The SMILES string of the molecule is C1=CC2c3ccccc3N(c3ccc(-c4cccc(N(c5ccccc5)c5ccc6c(c5)Oc5cc7c(cc5O6)-c5ccccc5C75c6ccccc6-c6ccccc65)c4)cc3)C2C=C1. The average Bonchev–Trinajstić information content (AvgIpc) is 3.97. The van der Waals surface area contributed by atoms with E-state index >= 15 is 0 Å². The monoisotopic (exact) mass is 832 g/mol. The molecule has 2 heterocycles. The van der Waals surface area contributed by atoms with Crippen LogP contribution in [0.25, 0.3) is 33.4 Å². The van der Waals surface area contributed by atoms with Crippen molar-refractivity contribution in [1.29, 1.82) is 0 Å². The van der Waals surface area contributed by atoms with Gasteiger partial charge in [0, 0.05) is 34.7 Å². The first-order chi connectivity index (χ1) is 32.2. The molecule has 0 radical (unpaired) electrons. The molecule has 0 bridgehead atoms. The van der Waals surface area contributed by atoms with E-state index < -0.39 is 5.41 Å². The average molecular weight is 833 g/mol. The van der Waals surface area contributed by atoms with Gasteiger partial charge in [-0.3, -0.25) is 0 Å². The van der Waals surface area contributed by atoms with Gasteiger partial charge in [0.15, 0.2) is 23.0 Å². The summed E-state index contributed by atoms with van der Waals surface area (Å²) in [4.78, 5) is 4.77. The van der Waals surface area contributed by atoms with Crippen molar-refractivity contribution in [3.05, 3.63) is 258 Å². The van der Waals surface area contributed by atoms with E-state index in [9.17, 15) is 0 Å². The van der Waals surface area contributed by atoms with Gasteiger partial charge in [0.05, 0.1) is 17.1 Å². The molecule has 0 N–H and O–H groups in total. The number of rotatable bonds is 5. The molecule has 0 aromatic heterocycles. The molecule has 0 saturated heterocycles. The van der Waals surface area contributed by atoms with E-state index in [0.717, 1.165) is 33.9 Å². The fourth-order valence-corrected chi connectivity index (χ4v) is 11.5. The standard InChI is InChI=1S/C61H40N2O2/c1-2-16-41(17-3-1)62(43-18-14-15-40(35-43)39-29-31-42(32-30-39)63-55-27-12-7-22-48(55)49-23-8-13-28-56(49)63)44-33-34-57-58(36-44)65-60-38-54-50(37-59(60)64-57)47-21-6-11-26-53(47)61(54)51-24-9-4-19-45(51)46-20-5-10-25-52(46)61/h1-38,48,55H. The predicted octanol–water partition coefficient (Wildman–Crippen LogP) is 15.8. The normalized spacial score (nSPS) is 16.8. The van der Waals surface area contributed by atoms with Crippen LogP contribution >= 0.6 is 0 Å². The van der Waals surface area contributed by atoms with Crippen molar-refractivity contribution in [2.24, 2.45) is 0 Å². The molecule has 0 amide bonds. The number of nitrogens with zero attached hydrogens (tertiary/aromatic N) is 2. The minimum Gasteiger partial charge on any atom is -0.449 e. The summed E-state index contributed by atoms with van der Waals surface area (Å²) in [5, 5.41) is 0. The van der Waals surface area contributed by atoms with Crippen LogP contribution in [0.1, 0.15) is 33.7 Å². The van der Waals surface area contributed by atoms with E-state index in [4.69, 9.17) is 9.47 Å². The second kappa shape index (κ2) is 13.8. The third-order valence-electron chi connectivity index (χ3n) is 14.2. The number of hydrogen-bond donors (Lipinski definition) is 0. The lowest BCUT2D eigenvalue weighted by Gasteiger charge is -2.31. The zero-order valence-electron chi connectivity index (χ0n) is 35.3. The van der Waals surface area contributed by atoms with E-state index in [2.05, 4.69) is 234 Å². The van der Waals surface area contributed by atoms with E-state index in [-0.39, 0.29) is 6.04 Å². The molecule has 1 spiro atoms. The van der Waals surface area contributed by atoms with Gasteiger partial charge in [-0.05, 0) is 128 Å². The number of allylic oxidation sites excluding steroid dienone is 2. The summed E-state index contributed by atoms with van der Waals surface area (Å²) in [5.41, 5.74) is 18.8. The highest BCUT2D eigenvalue weighted by Gasteiger charge is 2.52. The molecule has 2 atom stereocenters. The molecule has 0 fully saturated rings. The van der Waals surface area contributed by atoms with Crippen molar-refractivity contribution in [2.45, 2.75) is 17.4 Å². The fraction of sp³-hybridized carbons (Fsp3) is 0.0492. The molecule has 9 aromatic carbocycles. The Labute approximate surface area is 378 Å². The van der Waals surface area contributed by atoms with Crippen LogP contribution in [0.2, 0.25) is 0 Å². The summed E-state index contributed by atoms with van der Waals surface area (Å²) in [6.45, 7) is 0. The molecule has 65 heavy (non-hydrogen) atoms. The smallest absolute Gasteiger partial charge is 0.172 e. The lowest BCUT2D eigenvalue weighted by atomic mass is 9.70. The first kappa shape index (κ1) is 36.2. The van der Waals surface area contributed by atoms with Crippen LogP contribution in [0, 0.1) is 0 Å². The molecule has 4 nitrogen and oxygen atoms in total. The third-order valence-corrected chi connectivity index (χ3v) is 14.2. The summed E-state index contributed by atoms with van der Waals surface area (Å²) in [5.74, 6) is 3.14. The molecule has 5 aliphatic rings. The summed E-state index contributed by atoms with van der Waals surface area (Å²) >= 11 is 0. The topological polar surface area (TPSA) is 24.9 Å². The molecule has 0 saturated carbocycles. The van der Waals surface area contributed by atoms with Gasteiger partial charge in [0.2, 0.25) is 0 Å². The van der Waals surface area contributed by atoms with Gasteiger partial charge in [-0.25, -0.2) is 0 Å². The van der Waals surface area contributed by atoms with E-state index in [1.165, 1.54) is 61.4 Å². The lowest BCUT2D eigenvalue weighted by Crippen LogP contribution is -2.28. The Hall–Kier alpha value is -8.34. The molecule has 3 aliphatic carbocycles. The predicted molar refractivity (Wildman–Crippen MR) is 263 cm³/mol. The van der Waals surface area contributed by atoms with Crippen LogP contribution in [0.3, 0.4) is 0 Å². The van der Waals surface area contributed by atoms with Crippen LogP contribution in [-0.4, -0.2) is 6.04 Å². The molecular weight excluding hydrogens is 793 g/mol. The van der Waals surface area contributed by atoms with Gasteiger partial charge >= 0.3 is 0 Å². The van der Waals surface area contributed by atoms with Crippen molar-refractivity contribution in [3.8, 4) is 56.4 Å². The van der Waals surface area contributed by atoms with Gasteiger partial charge in [0.1, 0.15) is 0 Å². The van der Waals surface area contributed by atoms with Crippen LogP contribution in [0.5, 0.6) is 23.0 Å². The molecule has 2 aliphatic heterocycles. The number of anilines is 5. The van der Waals surface area contributed by atoms with Gasteiger partial charge in [-0.15, -0.1) is 0 Å². The Kier molecular flexibility index (Phi) is 7.70. The van der Waals surface area contributed by atoms with Crippen molar-refractivity contribution in [1.82, 2.24) is 0 Å². The number of benzene rings is 9. The van der Waals surface area contributed by atoms with E-state index in [1.54, 1.807) is 0 Å². The van der Waals surface area contributed by atoms with Crippen molar-refractivity contribution < 1.29 is 9.47 Å². The Morgan fingerprint density at radius 2 is 1.00 bits per heavy atom. The molecule has 9 aromatic rings. The van der Waals surface area contributed by atoms with Crippen LogP contribution < -0.4 is 19.3 Å². The second-order valence-corrected chi connectivity index (χ2v) is 17.5. The van der Waals surface area contributed by atoms with Crippen molar-refractivity contribution in [2.75, 3.05) is 9.80 Å². The van der Waals surface area contributed by atoms with Crippen molar-refractivity contribution >= 4 is 28.4 Å². The maximum Gasteiger partial charge on any atom is 0.172 e. The van der Waals surface area contributed by atoms with Crippen LogP contribution in [0.4, 0.5) is 28.4 Å². The highest BCUT2D eigenvalue weighted by atomic mass is 16.6. The number of para-hydroxylation sites is 2. The van der Waals surface area contributed by atoms with E-state index in [1.807, 2.05) is 6.07 Å². The fourth-order valence-electron chi connectivity index (χ4n) is 11.5. The number of fused-ring (bicyclic) bond motifs is 15. The van der Waals surface area contributed by atoms with Crippen LogP contribution in [0.15, 0.2) is 231 Å². The zero-order chi connectivity index (χ0) is 42.6. The molecule has 2 unspecified atom stereocenters. The summed E-state index contributed by atoms with van der Waals surface area (Å²) in [7, 11) is 0. The summed E-state index contributed by atoms with van der Waals surface area (Å²) in [6, 6.07) is 74.8. The maximum absolute atomic E-state index is 6.98. The van der Waals surface area contributed by atoms with Gasteiger partial charge < -0.3 is 19.3 Å². The zero-order valence-corrected chi connectivity index (χ0v) is 35.3. The maximum atomic E-state index is 6.98. The second-order valence-electron chi connectivity index (χ2n) is 17.5. The third kappa shape index (κ3) is 5.19. The molecular formula is C61H40N2O2.